The molecule has 0 saturated carbocycles. The lowest BCUT2D eigenvalue weighted by atomic mass is 10.2. The van der Waals surface area contributed by atoms with Gasteiger partial charge in [-0.1, -0.05) is 41.6 Å². The molecule has 0 bridgehead atoms. The number of para-hydroxylation sites is 1. The molecule has 7 nitrogen and oxygen atoms in total. The molecule has 0 saturated heterocycles. The first-order chi connectivity index (χ1) is 16.0. The summed E-state index contributed by atoms with van der Waals surface area (Å²) in [5.41, 5.74) is 2.74. The van der Waals surface area contributed by atoms with Crippen molar-refractivity contribution in [3.8, 4) is 17.1 Å². The van der Waals surface area contributed by atoms with Gasteiger partial charge in [-0.2, -0.15) is 0 Å². The predicted molar refractivity (Wildman–Crippen MR) is 129 cm³/mol. The average Bonchev–Trinajstić information content (AvgIpc) is 3.27. The van der Waals surface area contributed by atoms with Gasteiger partial charge in [0.2, 0.25) is 5.91 Å². The molecule has 9 heteroatoms. The van der Waals surface area contributed by atoms with E-state index in [1.54, 1.807) is 36.4 Å². The van der Waals surface area contributed by atoms with Gasteiger partial charge in [-0.15, -0.1) is 10.2 Å². The highest BCUT2D eigenvalue weighted by atomic mass is 35.5. The molecule has 0 fully saturated rings. The fraction of sp³-hybridized carbons (Fsp3) is 0.0833. The quantitative estimate of drug-likeness (QED) is 0.293. The lowest BCUT2D eigenvalue weighted by Crippen LogP contribution is -2.14. The Labute approximate surface area is 199 Å². The van der Waals surface area contributed by atoms with Crippen LogP contribution in [0.15, 0.2) is 84.0 Å². The van der Waals surface area contributed by atoms with Gasteiger partial charge in [0.1, 0.15) is 0 Å². The number of amides is 1. The van der Waals surface area contributed by atoms with Gasteiger partial charge in [-0.25, -0.2) is 4.79 Å². The zero-order valence-corrected chi connectivity index (χ0v) is 19.1. The maximum Gasteiger partial charge on any atom is 0.337 e. The van der Waals surface area contributed by atoms with Crippen LogP contribution in [0.3, 0.4) is 0 Å². The third-order valence-corrected chi connectivity index (χ3v) is 5.85. The number of hydrogen-bond donors (Lipinski definition) is 1. The minimum atomic E-state index is -0.430. The van der Waals surface area contributed by atoms with Crippen LogP contribution in [0.5, 0.6) is 0 Å². The number of nitrogens with one attached hydrogen (secondary N) is 1. The number of anilines is 1. The number of ether oxygens (including phenoxy) is 1. The smallest absolute Gasteiger partial charge is 0.337 e. The molecule has 166 valence electrons. The highest BCUT2D eigenvalue weighted by molar-refractivity contribution is 7.99. The van der Waals surface area contributed by atoms with Gasteiger partial charge in [0, 0.05) is 22.0 Å². The summed E-state index contributed by atoms with van der Waals surface area (Å²) in [4.78, 5) is 24.1. The van der Waals surface area contributed by atoms with Crippen LogP contribution in [-0.2, 0) is 9.53 Å². The van der Waals surface area contributed by atoms with Crippen LogP contribution in [0.1, 0.15) is 10.4 Å². The number of carbonyl (C=O) groups excluding carboxylic acids is 2. The molecule has 0 aliphatic rings. The van der Waals surface area contributed by atoms with E-state index in [2.05, 4.69) is 20.3 Å². The lowest BCUT2D eigenvalue weighted by Gasteiger charge is -2.10. The van der Waals surface area contributed by atoms with E-state index in [9.17, 15) is 9.59 Å². The summed E-state index contributed by atoms with van der Waals surface area (Å²) >= 11 is 7.31. The Bertz CT molecular complexity index is 1260. The predicted octanol–water partition coefficient (Wildman–Crippen LogP) is 5.11. The van der Waals surface area contributed by atoms with Crippen LogP contribution < -0.4 is 5.32 Å². The molecule has 1 heterocycles. The van der Waals surface area contributed by atoms with Crippen molar-refractivity contribution in [3.05, 3.63) is 89.4 Å². The summed E-state index contributed by atoms with van der Waals surface area (Å²) in [6, 6.07) is 23.6. The minimum absolute atomic E-state index is 0.129. The molecule has 0 radical (unpaired) electrons. The van der Waals surface area contributed by atoms with Crippen LogP contribution in [0.4, 0.5) is 5.69 Å². The second-order valence-corrected chi connectivity index (χ2v) is 8.27. The van der Waals surface area contributed by atoms with E-state index >= 15 is 0 Å². The summed E-state index contributed by atoms with van der Waals surface area (Å²) in [6.07, 6.45) is 0. The Balaban J connectivity index is 1.51. The summed E-state index contributed by atoms with van der Waals surface area (Å²) in [5.74, 6) is 0.144. The normalized spacial score (nSPS) is 10.6. The monoisotopic (exact) mass is 478 g/mol. The van der Waals surface area contributed by atoms with Crippen molar-refractivity contribution in [3.63, 3.8) is 0 Å². The second-order valence-electron chi connectivity index (χ2n) is 6.89. The van der Waals surface area contributed by atoms with Gasteiger partial charge < -0.3 is 10.1 Å². The van der Waals surface area contributed by atoms with Crippen molar-refractivity contribution in [2.24, 2.45) is 0 Å². The Morgan fingerprint density at radius 3 is 2.33 bits per heavy atom. The number of hydrogen-bond acceptors (Lipinski definition) is 6. The van der Waals surface area contributed by atoms with Crippen molar-refractivity contribution in [1.29, 1.82) is 0 Å². The summed E-state index contributed by atoms with van der Waals surface area (Å²) in [7, 11) is 1.32. The van der Waals surface area contributed by atoms with Gasteiger partial charge in [0.25, 0.3) is 0 Å². The number of nitrogens with zero attached hydrogens (tertiary/aromatic N) is 3. The molecule has 4 aromatic rings. The number of thioether (sulfide) groups is 1. The highest BCUT2D eigenvalue weighted by Gasteiger charge is 2.17. The highest BCUT2D eigenvalue weighted by Crippen LogP contribution is 2.28. The maximum atomic E-state index is 12.5. The SMILES string of the molecule is COC(=O)c1ccc(NC(=O)CSc2nnc(-c3ccc(Cl)cc3)n2-c2ccccc2)cc1. The van der Waals surface area contributed by atoms with E-state index in [1.165, 1.54) is 18.9 Å². The van der Waals surface area contributed by atoms with Crippen LogP contribution in [0.25, 0.3) is 17.1 Å². The zero-order valence-electron chi connectivity index (χ0n) is 17.6. The maximum absolute atomic E-state index is 12.5. The van der Waals surface area contributed by atoms with E-state index < -0.39 is 5.97 Å². The zero-order chi connectivity index (χ0) is 23.2. The molecule has 4 rings (SSSR count). The third-order valence-electron chi connectivity index (χ3n) is 4.67. The first-order valence-corrected chi connectivity index (χ1v) is 11.3. The van der Waals surface area contributed by atoms with Gasteiger partial charge >= 0.3 is 5.97 Å². The van der Waals surface area contributed by atoms with Crippen molar-refractivity contribution in [2.45, 2.75) is 5.16 Å². The standard InChI is InChI=1S/C24H19ClN4O3S/c1-32-23(31)17-9-13-19(14-10-17)26-21(30)15-33-24-28-27-22(16-7-11-18(25)12-8-16)29(24)20-5-3-2-4-6-20/h2-14H,15H2,1H3,(H,26,30). The Kier molecular flexibility index (Phi) is 7.07. The fourth-order valence-electron chi connectivity index (χ4n) is 3.09. The van der Waals surface area contributed by atoms with E-state index in [0.717, 1.165) is 11.3 Å². The molecule has 0 spiro atoms. The number of benzene rings is 3. The number of rotatable bonds is 7. The van der Waals surface area contributed by atoms with Crippen molar-refractivity contribution >= 4 is 40.9 Å². The third kappa shape index (κ3) is 5.42. The molecular weight excluding hydrogens is 460 g/mol. The van der Waals surface area contributed by atoms with Crippen LogP contribution in [0, 0.1) is 0 Å². The van der Waals surface area contributed by atoms with E-state index in [0.29, 0.717) is 27.3 Å². The average molecular weight is 479 g/mol. The van der Waals surface area contributed by atoms with Crippen LogP contribution >= 0.6 is 23.4 Å². The summed E-state index contributed by atoms with van der Waals surface area (Å²) < 4.78 is 6.59. The van der Waals surface area contributed by atoms with E-state index in [-0.39, 0.29) is 11.7 Å². The minimum Gasteiger partial charge on any atom is -0.465 e. The van der Waals surface area contributed by atoms with Gasteiger partial charge in [0.15, 0.2) is 11.0 Å². The number of methoxy groups -OCH3 is 1. The summed E-state index contributed by atoms with van der Waals surface area (Å²) in [6.45, 7) is 0. The molecule has 0 aliphatic carbocycles. The molecule has 0 aliphatic heterocycles. The van der Waals surface area contributed by atoms with Crippen molar-refractivity contribution in [1.82, 2.24) is 14.8 Å². The van der Waals surface area contributed by atoms with E-state index in [4.69, 9.17) is 11.6 Å². The molecule has 0 atom stereocenters. The number of esters is 1. The molecular formula is C24H19ClN4O3S. The van der Waals surface area contributed by atoms with Crippen LogP contribution in [-0.4, -0.2) is 39.5 Å². The van der Waals surface area contributed by atoms with Gasteiger partial charge in [-0.05, 0) is 60.7 Å². The Hall–Kier alpha value is -3.62. The second kappa shape index (κ2) is 10.3. The Morgan fingerprint density at radius 2 is 1.67 bits per heavy atom. The molecule has 1 N–H and O–H groups in total. The molecule has 1 aromatic heterocycles. The largest absolute Gasteiger partial charge is 0.465 e. The lowest BCUT2D eigenvalue weighted by molar-refractivity contribution is -0.113. The van der Waals surface area contributed by atoms with Crippen LogP contribution in [0.2, 0.25) is 5.02 Å². The fourth-order valence-corrected chi connectivity index (χ4v) is 3.97. The van der Waals surface area contributed by atoms with Gasteiger partial charge in [0.05, 0.1) is 18.4 Å². The number of aromatic nitrogens is 3. The first kappa shape index (κ1) is 22.6. The Morgan fingerprint density at radius 1 is 0.970 bits per heavy atom. The molecule has 33 heavy (non-hydrogen) atoms. The summed E-state index contributed by atoms with van der Waals surface area (Å²) in [5, 5.41) is 12.7. The molecule has 3 aromatic carbocycles. The van der Waals surface area contributed by atoms with Gasteiger partial charge in [-0.3, -0.25) is 9.36 Å². The molecule has 1 amide bonds. The number of halogens is 1. The van der Waals surface area contributed by atoms with Crippen molar-refractivity contribution < 1.29 is 14.3 Å². The first-order valence-electron chi connectivity index (χ1n) is 9.93. The molecule has 0 unspecified atom stereocenters. The topological polar surface area (TPSA) is 86.1 Å². The number of carbonyl (C=O) groups is 2. The van der Waals surface area contributed by atoms with Crippen molar-refractivity contribution in [2.75, 3.05) is 18.2 Å². The van der Waals surface area contributed by atoms with E-state index in [1.807, 2.05) is 47.0 Å².